The Labute approximate surface area is 139 Å². The lowest BCUT2D eigenvalue weighted by atomic mass is 9.79. The van der Waals surface area contributed by atoms with Gasteiger partial charge in [0.15, 0.2) is 0 Å². The van der Waals surface area contributed by atoms with Crippen LogP contribution in [0.2, 0.25) is 0 Å². The van der Waals surface area contributed by atoms with Crippen molar-refractivity contribution in [2.45, 2.75) is 38.6 Å². The second-order valence-corrected chi connectivity index (χ2v) is 7.78. The van der Waals surface area contributed by atoms with Crippen molar-refractivity contribution in [1.82, 2.24) is 5.32 Å². The predicted molar refractivity (Wildman–Crippen MR) is 95.1 cm³/mol. The van der Waals surface area contributed by atoms with E-state index in [0.29, 0.717) is 6.04 Å². The maximum atomic E-state index is 3.73. The van der Waals surface area contributed by atoms with Crippen LogP contribution in [0, 0.1) is 5.92 Å². The summed E-state index contributed by atoms with van der Waals surface area (Å²) in [5.74, 6) is 0.751. The molecule has 0 fully saturated rings. The Morgan fingerprint density at radius 1 is 1.33 bits per heavy atom. The average molecular weight is 364 g/mol. The van der Waals surface area contributed by atoms with Gasteiger partial charge in [-0.15, -0.1) is 11.3 Å². The SMILES string of the molecule is CCNC(Cc1cc(Br)cs1)C1CCc2ccccc2C1. The van der Waals surface area contributed by atoms with Gasteiger partial charge >= 0.3 is 0 Å². The first kappa shape index (κ1) is 15.3. The highest BCUT2D eigenvalue weighted by Crippen LogP contribution is 2.30. The van der Waals surface area contributed by atoms with Crippen molar-refractivity contribution >= 4 is 27.3 Å². The highest BCUT2D eigenvalue weighted by atomic mass is 79.9. The van der Waals surface area contributed by atoms with Crippen LogP contribution >= 0.6 is 27.3 Å². The minimum Gasteiger partial charge on any atom is -0.314 e. The minimum absolute atomic E-state index is 0.592. The Morgan fingerprint density at radius 3 is 2.86 bits per heavy atom. The Hall–Kier alpha value is -0.640. The Kier molecular flexibility index (Phi) is 5.15. The van der Waals surface area contributed by atoms with E-state index in [2.05, 4.69) is 63.9 Å². The molecule has 1 nitrogen and oxygen atoms in total. The van der Waals surface area contributed by atoms with Gasteiger partial charge in [0.05, 0.1) is 0 Å². The lowest BCUT2D eigenvalue weighted by Gasteiger charge is -2.32. The van der Waals surface area contributed by atoms with Crippen LogP contribution in [0.25, 0.3) is 0 Å². The van der Waals surface area contributed by atoms with E-state index in [-0.39, 0.29) is 0 Å². The molecular weight excluding hydrogens is 342 g/mol. The summed E-state index contributed by atoms with van der Waals surface area (Å²) in [6, 6.07) is 11.8. The molecule has 3 rings (SSSR count). The summed E-state index contributed by atoms with van der Waals surface area (Å²) in [5, 5.41) is 5.92. The topological polar surface area (TPSA) is 12.0 Å². The quantitative estimate of drug-likeness (QED) is 0.801. The second kappa shape index (κ2) is 7.08. The zero-order valence-corrected chi connectivity index (χ0v) is 14.8. The van der Waals surface area contributed by atoms with Crippen LogP contribution in [-0.2, 0) is 19.3 Å². The van der Waals surface area contributed by atoms with E-state index in [0.717, 1.165) is 18.9 Å². The third-order valence-corrected chi connectivity index (χ3v) is 6.18. The van der Waals surface area contributed by atoms with Gasteiger partial charge < -0.3 is 5.32 Å². The van der Waals surface area contributed by atoms with Crippen LogP contribution in [0.4, 0.5) is 0 Å². The number of nitrogens with one attached hydrogen (secondary N) is 1. The zero-order chi connectivity index (χ0) is 14.7. The number of thiophene rings is 1. The molecule has 1 aliphatic carbocycles. The molecular formula is C18H22BrNS. The number of halogens is 1. The first-order chi connectivity index (χ1) is 10.3. The van der Waals surface area contributed by atoms with E-state index >= 15 is 0 Å². The monoisotopic (exact) mass is 363 g/mol. The predicted octanol–water partition coefficient (Wildman–Crippen LogP) is 4.84. The molecule has 21 heavy (non-hydrogen) atoms. The van der Waals surface area contributed by atoms with Crippen molar-refractivity contribution in [1.29, 1.82) is 0 Å². The molecule has 112 valence electrons. The van der Waals surface area contributed by atoms with Crippen LogP contribution in [0.15, 0.2) is 40.2 Å². The first-order valence-electron chi connectivity index (χ1n) is 7.79. The van der Waals surface area contributed by atoms with E-state index in [9.17, 15) is 0 Å². The summed E-state index contributed by atoms with van der Waals surface area (Å²) in [6.07, 6.45) is 4.91. The first-order valence-corrected chi connectivity index (χ1v) is 9.46. The molecule has 0 radical (unpaired) electrons. The van der Waals surface area contributed by atoms with E-state index in [1.54, 1.807) is 11.1 Å². The van der Waals surface area contributed by atoms with Crippen molar-refractivity contribution < 1.29 is 0 Å². The standard InChI is InChI=1S/C18H22BrNS/c1-2-20-18(11-17-10-16(19)12-21-17)15-8-7-13-5-3-4-6-14(13)9-15/h3-6,10,12,15,18,20H,2,7-9,11H2,1H3. The highest BCUT2D eigenvalue weighted by molar-refractivity contribution is 9.10. The van der Waals surface area contributed by atoms with Gasteiger partial charge in [0.1, 0.15) is 0 Å². The number of hydrogen-bond donors (Lipinski definition) is 1. The third-order valence-electron chi connectivity index (χ3n) is 4.46. The number of benzene rings is 1. The Balaban J connectivity index is 1.72. The average Bonchev–Trinajstić information content (AvgIpc) is 2.91. The maximum absolute atomic E-state index is 3.73. The Morgan fingerprint density at radius 2 is 2.14 bits per heavy atom. The van der Waals surface area contributed by atoms with Crippen LogP contribution in [0.5, 0.6) is 0 Å². The third kappa shape index (κ3) is 3.77. The van der Waals surface area contributed by atoms with Crippen LogP contribution in [-0.4, -0.2) is 12.6 Å². The van der Waals surface area contributed by atoms with E-state index < -0.39 is 0 Å². The molecule has 1 N–H and O–H groups in total. The van der Waals surface area contributed by atoms with Gasteiger partial charge in [-0.1, -0.05) is 31.2 Å². The largest absolute Gasteiger partial charge is 0.314 e. The molecule has 0 amide bonds. The summed E-state index contributed by atoms with van der Waals surface area (Å²) in [6.45, 7) is 3.27. The number of hydrogen-bond acceptors (Lipinski definition) is 2. The molecule has 0 bridgehead atoms. The van der Waals surface area contributed by atoms with Gasteiger partial charge in [0.25, 0.3) is 0 Å². The van der Waals surface area contributed by atoms with Gasteiger partial charge in [-0.05, 0) is 71.3 Å². The maximum Gasteiger partial charge on any atom is 0.0285 e. The number of rotatable bonds is 5. The van der Waals surface area contributed by atoms with Gasteiger partial charge in [-0.2, -0.15) is 0 Å². The van der Waals surface area contributed by atoms with Crippen molar-refractivity contribution in [2.24, 2.45) is 5.92 Å². The summed E-state index contributed by atoms with van der Waals surface area (Å²) in [5.41, 5.74) is 3.12. The van der Waals surface area contributed by atoms with E-state index in [1.165, 1.54) is 28.6 Å². The molecule has 1 heterocycles. The fourth-order valence-corrected chi connectivity index (χ4v) is 4.93. The molecule has 2 atom stereocenters. The summed E-state index contributed by atoms with van der Waals surface area (Å²) in [4.78, 5) is 1.48. The van der Waals surface area contributed by atoms with Crippen molar-refractivity contribution in [3.05, 3.63) is 56.2 Å². The molecule has 0 saturated carbocycles. The molecule has 0 aliphatic heterocycles. The normalized spacial score (nSPS) is 19.2. The smallest absolute Gasteiger partial charge is 0.0285 e. The van der Waals surface area contributed by atoms with Crippen molar-refractivity contribution in [3.63, 3.8) is 0 Å². The molecule has 1 aliphatic rings. The number of fused-ring (bicyclic) bond motifs is 1. The van der Waals surface area contributed by atoms with E-state index in [1.807, 2.05) is 11.3 Å². The van der Waals surface area contributed by atoms with Gasteiger partial charge in [0, 0.05) is 20.8 Å². The molecule has 2 unspecified atom stereocenters. The van der Waals surface area contributed by atoms with Gasteiger partial charge in [-0.25, -0.2) is 0 Å². The van der Waals surface area contributed by atoms with Gasteiger partial charge in [-0.3, -0.25) is 0 Å². The van der Waals surface area contributed by atoms with Crippen LogP contribution in [0.1, 0.15) is 29.3 Å². The second-order valence-electron chi connectivity index (χ2n) is 5.87. The molecule has 3 heteroatoms. The summed E-state index contributed by atoms with van der Waals surface area (Å²) >= 11 is 5.43. The molecule has 0 spiro atoms. The zero-order valence-electron chi connectivity index (χ0n) is 12.4. The lowest BCUT2D eigenvalue weighted by molar-refractivity contribution is 0.323. The Bertz CT molecular complexity index is 592. The van der Waals surface area contributed by atoms with Crippen LogP contribution < -0.4 is 5.32 Å². The number of aryl methyl sites for hydroxylation is 1. The lowest BCUT2D eigenvalue weighted by Crippen LogP contribution is -2.40. The fraction of sp³-hybridized carbons (Fsp3) is 0.444. The summed E-state index contributed by atoms with van der Waals surface area (Å²) < 4.78 is 1.21. The van der Waals surface area contributed by atoms with Crippen molar-refractivity contribution in [3.8, 4) is 0 Å². The number of likely N-dealkylation sites (N-methyl/N-ethyl adjacent to an activating group) is 1. The highest BCUT2D eigenvalue weighted by Gasteiger charge is 2.26. The molecule has 1 aromatic carbocycles. The van der Waals surface area contributed by atoms with E-state index in [4.69, 9.17) is 0 Å². The summed E-state index contributed by atoms with van der Waals surface area (Å²) in [7, 11) is 0. The fourth-order valence-electron chi connectivity index (χ4n) is 3.41. The molecule has 2 aromatic rings. The molecule has 0 saturated heterocycles. The van der Waals surface area contributed by atoms with Crippen molar-refractivity contribution in [2.75, 3.05) is 6.54 Å². The van der Waals surface area contributed by atoms with Crippen LogP contribution in [0.3, 0.4) is 0 Å². The molecule has 1 aromatic heterocycles. The van der Waals surface area contributed by atoms with Gasteiger partial charge in [0.2, 0.25) is 0 Å². The minimum atomic E-state index is 0.592.